The van der Waals surface area contributed by atoms with Gasteiger partial charge in [0.1, 0.15) is 11.4 Å². The zero-order valence-corrected chi connectivity index (χ0v) is 18.2. The van der Waals surface area contributed by atoms with Gasteiger partial charge in [0.25, 0.3) is 5.56 Å². The third kappa shape index (κ3) is 5.60. The van der Waals surface area contributed by atoms with Gasteiger partial charge in [-0.2, -0.15) is 0 Å². The molecule has 1 aliphatic carbocycles. The van der Waals surface area contributed by atoms with Gasteiger partial charge < -0.3 is 15.0 Å². The Morgan fingerprint density at radius 1 is 1.12 bits per heavy atom. The molecule has 1 amide bonds. The standard InChI is InChI=1S/C25H28N4O3/c1-17(19-8-3-2-4-9-19)26-23(30)15-14-22-25(31)27-24(29-28-22)20-10-12-21(13-11-20)32-16-18-6-5-7-18/h2-4,8-13,17-18H,5-7,14-16H2,1H3,(H,26,30)(H,27,29,31). The molecule has 0 saturated heterocycles. The van der Waals surface area contributed by atoms with Gasteiger partial charge in [-0.05, 0) is 55.5 Å². The van der Waals surface area contributed by atoms with Crippen LogP contribution in [-0.4, -0.2) is 27.7 Å². The number of carbonyl (C=O) groups is 1. The summed E-state index contributed by atoms with van der Waals surface area (Å²) in [6.45, 7) is 2.68. The summed E-state index contributed by atoms with van der Waals surface area (Å²) in [4.78, 5) is 27.5. The van der Waals surface area contributed by atoms with Crippen LogP contribution in [0.5, 0.6) is 5.75 Å². The zero-order chi connectivity index (χ0) is 22.3. The van der Waals surface area contributed by atoms with Crippen LogP contribution in [0, 0.1) is 5.92 Å². The Kier molecular flexibility index (Phi) is 6.94. The second-order valence-electron chi connectivity index (χ2n) is 8.28. The van der Waals surface area contributed by atoms with Gasteiger partial charge >= 0.3 is 0 Å². The second-order valence-corrected chi connectivity index (χ2v) is 8.28. The van der Waals surface area contributed by atoms with Crippen molar-refractivity contribution in [3.63, 3.8) is 0 Å². The molecule has 1 fully saturated rings. The number of hydrogen-bond acceptors (Lipinski definition) is 5. The van der Waals surface area contributed by atoms with Crippen molar-refractivity contribution in [1.29, 1.82) is 0 Å². The Morgan fingerprint density at radius 3 is 2.53 bits per heavy atom. The lowest BCUT2D eigenvalue weighted by atomic mass is 9.86. The molecular weight excluding hydrogens is 404 g/mol. The number of aromatic amines is 1. The van der Waals surface area contributed by atoms with E-state index in [1.54, 1.807) is 0 Å². The van der Waals surface area contributed by atoms with Crippen LogP contribution in [0.15, 0.2) is 59.4 Å². The number of aryl methyl sites for hydroxylation is 1. The summed E-state index contributed by atoms with van der Waals surface area (Å²) in [6, 6.07) is 17.1. The first-order valence-corrected chi connectivity index (χ1v) is 11.1. The fourth-order valence-corrected chi connectivity index (χ4v) is 3.61. The predicted octanol–water partition coefficient (Wildman–Crippen LogP) is 3.82. The average Bonchev–Trinajstić information content (AvgIpc) is 2.78. The number of carbonyl (C=O) groups excluding carboxylic acids is 1. The SMILES string of the molecule is CC(NC(=O)CCc1nnc(-c2ccc(OCC3CCC3)cc2)[nH]c1=O)c1ccccc1. The number of H-pyrrole nitrogens is 1. The second kappa shape index (κ2) is 10.2. The molecule has 32 heavy (non-hydrogen) atoms. The van der Waals surface area contributed by atoms with Gasteiger partial charge in [-0.1, -0.05) is 36.8 Å². The van der Waals surface area contributed by atoms with Crippen molar-refractivity contribution in [1.82, 2.24) is 20.5 Å². The van der Waals surface area contributed by atoms with Gasteiger partial charge in [0.2, 0.25) is 5.91 Å². The van der Waals surface area contributed by atoms with E-state index in [1.165, 1.54) is 19.3 Å². The Bertz CT molecular complexity index is 1090. The minimum Gasteiger partial charge on any atom is -0.493 e. The molecule has 0 spiro atoms. The fourth-order valence-electron chi connectivity index (χ4n) is 3.61. The van der Waals surface area contributed by atoms with E-state index in [0.29, 0.717) is 11.7 Å². The van der Waals surface area contributed by atoms with E-state index in [4.69, 9.17) is 4.74 Å². The maximum atomic E-state index is 12.4. The van der Waals surface area contributed by atoms with Gasteiger partial charge in [0, 0.05) is 18.4 Å². The van der Waals surface area contributed by atoms with E-state index < -0.39 is 0 Å². The molecule has 0 bridgehead atoms. The van der Waals surface area contributed by atoms with Crippen molar-refractivity contribution in [3.8, 4) is 17.1 Å². The van der Waals surface area contributed by atoms with Gasteiger partial charge in [0.15, 0.2) is 5.82 Å². The number of amides is 1. The quantitative estimate of drug-likeness (QED) is 0.536. The highest BCUT2D eigenvalue weighted by Crippen LogP contribution is 2.27. The molecule has 2 N–H and O–H groups in total. The van der Waals surface area contributed by atoms with Crippen molar-refractivity contribution in [2.24, 2.45) is 5.92 Å². The molecule has 2 aromatic carbocycles. The summed E-state index contributed by atoms with van der Waals surface area (Å²) in [5.74, 6) is 1.74. The molecule has 0 radical (unpaired) electrons. The molecule has 7 nitrogen and oxygen atoms in total. The largest absolute Gasteiger partial charge is 0.493 e. The Hall–Kier alpha value is -3.48. The molecular formula is C25H28N4O3. The summed E-state index contributed by atoms with van der Waals surface area (Å²) in [7, 11) is 0. The number of nitrogens with one attached hydrogen (secondary N) is 2. The highest BCUT2D eigenvalue weighted by Gasteiger charge is 2.18. The molecule has 166 valence electrons. The Balaban J connectivity index is 1.30. The monoisotopic (exact) mass is 432 g/mol. The maximum Gasteiger partial charge on any atom is 0.273 e. The lowest BCUT2D eigenvalue weighted by Gasteiger charge is -2.25. The van der Waals surface area contributed by atoms with Gasteiger partial charge in [-0.25, -0.2) is 0 Å². The molecule has 1 heterocycles. The number of aromatic nitrogens is 3. The minimum atomic E-state index is -0.329. The number of benzene rings is 2. The minimum absolute atomic E-state index is 0.101. The van der Waals surface area contributed by atoms with Crippen LogP contribution >= 0.6 is 0 Å². The van der Waals surface area contributed by atoms with Gasteiger partial charge in [0.05, 0.1) is 12.6 Å². The highest BCUT2D eigenvalue weighted by molar-refractivity contribution is 5.76. The third-order valence-electron chi connectivity index (χ3n) is 5.87. The van der Waals surface area contributed by atoms with E-state index in [-0.39, 0.29) is 36.0 Å². The van der Waals surface area contributed by atoms with Crippen molar-refractivity contribution < 1.29 is 9.53 Å². The third-order valence-corrected chi connectivity index (χ3v) is 5.87. The van der Waals surface area contributed by atoms with Crippen LogP contribution in [0.4, 0.5) is 0 Å². The summed E-state index contributed by atoms with van der Waals surface area (Å²) in [5, 5.41) is 11.1. The van der Waals surface area contributed by atoms with E-state index in [1.807, 2.05) is 61.5 Å². The van der Waals surface area contributed by atoms with E-state index in [0.717, 1.165) is 23.5 Å². The van der Waals surface area contributed by atoms with Gasteiger partial charge in [-0.3, -0.25) is 9.59 Å². The van der Waals surface area contributed by atoms with Crippen LogP contribution in [0.25, 0.3) is 11.4 Å². The van der Waals surface area contributed by atoms with Crippen LogP contribution in [0.1, 0.15) is 49.9 Å². The van der Waals surface area contributed by atoms with Crippen LogP contribution < -0.4 is 15.6 Å². The molecule has 3 aromatic rings. The molecule has 4 rings (SSSR count). The van der Waals surface area contributed by atoms with Crippen molar-refractivity contribution >= 4 is 5.91 Å². The number of nitrogens with zero attached hydrogens (tertiary/aromatic N) is 2. The van der Waals surface area contributed by atoms with Gasteiger partial charge in [-0.15, -0.1) is 10.2 Å². The first kappa shape index (κ1) is 21.7. The summed E-state index contributed by atoms with van der Waals surface area (Å²) >= 11 is 0. The molecule has 1 aliphatic rings. The van der Waals surface area contributed by atoms with Crippen molar-refractivity contribution in [3.05, 3.63) is 76.2 Å². The summed E-state index contributed by atoms with van der Waals surface area (Å²) in [6.07, 6.45) is 4.18. The topological polar surface area (TPSA) is 97.0 Å². The lowest BCUT2D eigenvalue weighted by molar-refractivity contribution is -0.121. The van der Waals surface area contributed by atoms with E-state index in [9.17, 15) is 9.59 Å². The molecule has 1 saturated carbocycles. The summed E-state index contributed by atoms with van der Waals surface area (Å²) < 4.78 is 5.81. The van der Waals surface area contributed by atoms with Crippen LogP contribution in [0.3, 0.4) is 0 Å². The Labute approximate surface area is 187 Å². The molecule has 1 aromatic heterocycles. The van der Waals surface area contributed by atoms with E-state index in [2.05, 4.69) is 20.5 Å². The first-order valence-electron chi connectivity index (χ1n) is 11.1. The fraction of sp³-hybridized carbons (Fsp3) is 0.360. The number of rotatable bonds is 9. The summed E-state index contributed by atoms with van der Waals surface area (Å²) in [5.41, 5.74) is 1.70. The number of hydrogen-bond donors (Lipinski definition) is 2. The van der Waals surface area contributed by atoms with Crippen molar-refractivity contribution in [2.75, 3.05) is 6.61 Å². The highest BCUT2D eigenvalue weighted by atomic mass is 16.5. The molecule has 0 aliphatic heterocycles. The van der Waals surface area contributed by atoms with E-state index >= 15 is 0 Å². The lowest BCUT2D eigenvalue weighted by Crippen LogP contribution is -2.28. The average molecular weight is 433 g/mol. The predicted molar refractivity (Wildman–Crippen MR) is 122 cm³/mol. The normalized spacial score (nSPS) is 14.4. The van der Waals surface area contributed by atoms with Crippen molar-refractivity contribution in [2.45, 2.75) is 45.1 Å². The smallest absolute Gasteiger partial charge is 0.273 e. The molecule has 7 heteroatoms. The Morgan fingerprint density at radius 2 is 1.88 bits per heavy atom. The molecule has 1 unspecified atom stereocenters. The number of ether oxygens (including phenoxy) is 1. The molecule has 1 atom stereocenters. The maximum absolute atomic E-state index is 12.4. The van der Waals surface area contributed by atoms with Crippen LogP contribution in [-0.2, 0) is 11.2 Å². The van der Waals surface area contributed by atoms with Crippen LogP contribution in [0.2, 0.25) is 0 Å². The first-order chi connectivity index (χ1) is 15.6. The zero-order valence-electron chi connectivity index (χ0n) is 18.2.